The lowest BCUT2D eigenvalue weighted by Crippen LogP contribution is -2.24. The molecule has 1 aromatic carbocycles. The molecule has 0 aliphatic heterocycles. The van der Waals surface area contributed by atoms with Crippen LogP contribution in [-0.2, 0) is 11.8 Å². The second kappa shape index (κ2) is 4.92. The van der Waals surface area contributed by atoms with E-state index in [1.54, 1.807) is 0 Å². The number of thiophene rings is 1. The zero-order valence-corrected chi connectivity index (χ0v) is 13.4. The number of para-hydroxylation sites is 1. The molecule has 0 radical (unpaired) electrons. The lowest BCUT2D eigenvalue weighted by Gasteiger charge is -2.30. The zero-order valence-electron chi connectivity index (χ0n) is 12.6. The molecule has 0 fully saturated rings. The van der Waals surface area contributed by atoms with Crippen LogP contribution in [0.15, 0.2) is 48.0 Å². The molecule has 2 heterocycles. The van der Waals surface area contributed by atoms with E-state index in [9.17, 15) is 0 Å². The van der Waals surface area contributed by atoms with Crippen LogP contribution >= 0.6 is 11.3 Å². The first-order chi connectivity index (χ1) is 10.6. The van der Waals surface area contributed by atoms with Crippen LogP contribution in [0.2, 0.25) is 0 Å². The number of anilines is 2. The summed E-state index contributed by atoms with van der Waals surface area (Å²) in [4.78, 5) is 10.7. The molecular weight excluding hydrogens is 290 g/mol. The van der Waals surface area contributed by atoms with E-state index in [2.05, 4.69) is 35.6 Å². The molecule has 0 amide bonds. The van der Waals surface area contributed by atoms with Crippen molar-refractivity contribution < 1.29 is 0 Å². The smallest absolute Gasteiger partial charge is 0.227 e. The fraction of sp³-hybridized carbons (Fsp3) is 0.222. The molecule has 4 heteroatoms. The Labute approximate surface area is 134 Å². The second-order valence-corrected chi connectivity index (χ2v) is 7.20. The Bertz CT molecular complexity index is 821. The summed E-state index contributed by atoms with van der Waals surface area (Å²) < 4.78 is 0. The Morgan fingerprint density at radius 3 is 2.77 bits per heavy atom. The van der Waals surface area contributed by atoms with Crippen molar-refractivity contribution in [1.82, 2.24) is 9.97 Å². The predicted molar refractivity (Wildman–Crippen MR) is 91.8 cm³/mol. The van der Waals surface area contributed by atoms with Crippen LogP contribution in [0.3, 0.4) is 0 Å². The fourth-order valence-electron chi connectivity index (χ4n) is 3.06. The van der Waals surface area contributed by atoms with Gasteiger partial charge < -0.3 is 5.32 Å². The van der Waals surface area contributed by atoms with Gasteiger partial charge in [0.2, 0.25) is 5.95 Å². The van der Waals surface area contributed by atoms with Gasteiger partial charge in [-0.2, -0.15) is 0 Å². The monoisotopic (exact) mass is 307 g/mol. The van der Waals surface area contributed by atoms with Gasteiger partial charge >= 0.3 is 0 Å². The Hall–Kier alpha value is -2.20. The molecule has 1 aliphatic carbocycles. The topological polar surface area (TPSA) is 37.8 Å². The molecule has 0 bridgehead atoms. The third-order valence-electron chi connectivity index (χ3n) is 4.06. The molecule has 3 nitrogen and oxygen atoms in total. The first-order valence-corrected chi connectivity index (χ1v) is 8.28. The van der Waals surface area contributed by atoms with Crippen LogP contribution in [0, 0.1) is 0 Å². The fourth-order valence-corrected chi connectivity index (χ4v) is 4.08. The third kappa shape index (κ3) is 2.20. The van der Waals surface area contributed by atoms with Crippen molar-refractivity contribution in [2.24, 2.45) is 0 Å². The molecule has 1 N–H and O–H groups in total. The van der Waals surface area contributed by atoms with E-state index in [1.165, 1.54) is 16.0 Å². The third-order valence-corrected chi connectivity index (χ3v) is 5.34. The van der Waals surface area contributed by atoms with Gasteiger partial charge in [0.1, 0.15) is 0 Å². The molecule has 0 atom stereocenters. The van der Waals surface area contributed by atoms with Gasteiger partial charge in [-0.05, 0) is 35.6 Å². The van der Waals surface area contributed by atoms with Crippen LogP contribution in [0.4, 0.5) is 11.6 Å². The van der Waals surface area contributed by atoms with Crippen molar-refractivity contribution in [3.8, 4) is 11.3 Å². The second-order valence-electron chi connectivity index (χ2n) is 6.28. The van der Waals surface area contributed by atoms with Gasteiger partial charge in [-0.1, -0.05) is 32.0 Å². The highest BCUT2D eigenvalue weighted by Gasteiger charge is 2.33. The molecule has 0 saturated heterocycles. The van der Waals surface area contributed by atoms with Gasteiger partial charge in [0, 0.05) is 27.7 Å². The summed E-state index contributed by atoms with van der Waals surface area (Å²) in [7, 11) is 0. The molecule has 3 aromatic rings. The molecule has 2 aromatic heterocycles. The van der Waals surface area contributed by atoms with Crippen molar-refractivity contribution in [3.05, 3.63) is 58.4 Å². The number of nitrogens with one attached hydrogen (secondary N) is 1. The molecule has 110 valence electrons. The minimum Gasteiger partial charge on any atom is -0.324 e. The van der Waals surface area contributed by atoms with E-state index in [-0.39, 0.29) is 5.41 Å². The van der Waals surface area contributed by atoms with E-state index < -0.39 is 0 Å². The largest absolute Gasteiger partial charge is 0.324 e. The van der Waals surface area contributed by atoms with E-state index in [4.69, 9.17) is 4.98 Å². The van der Waals surface area contributed by atoms with Crippen molar-refractivity contribution in [2.45, 2.75) is 25.7 Å². The predicted octanol–water partition coefficient (Wildman–Crippen LogP) is 4.78. The number of nitrogens with zero attached hydrogens (tertiary/aromatic N) is 2. The number of aromatic nitrogens is 2. The summed E-state index contributed by atoms with van der Waals surface area (Å²) in [5.74, 6) is 0.654. The highest BCUT2D eigenvalue weighted by Crippen LogP contribution is 2.45. The first kappa shape index (κ1) is 13.5. The Kier molecular flexibility index (Phi) is 3.01. The molecule has 4 rings (SSSR count). The number of benzene rings is 1. The molecular formula is C18H17N3S. The average Bonchev–Trinajstić information content (AvgIpc) is 3.00. The van der Waals surface area contributed by atoms with Gasteiger partial charge in [0.05, 0.1) is 5.69 Å². The number of hydrogen-bond acceptors (Lipinski definition) is 4. The van der Waals surface area contributed by atoms with E-state index >= 15 is 0 Å². The van der Waals surface area contributed by atoms with Gasteiger partial charge in [-0.3, -0.25) is 0 Å². The van der Waals surface area contributed by atoms with E-state index in [0.29, 0.717) is 5.95 Å². The Morgan fingerprint density at radius 2 is 1.95 bits per heavy atom. The standard InChI is InChI=1S/C18H17N3S/c1-18(2)10-12-11-19-17(20-13-6-4-3-5-7-13)21-15(12)14-8-9-22-16(14)18/h3-9,11H,10H2,1-2H3,(H,19,20,21). The maximum atomic E-state index is 4.77. The first-order valence-electron chi connectivity index (χ1n) is 7.40. The lowest BCUT2D eigenvalue weighted by atomic mass is 9.77. The van der Waals surface area contributed by atoms with Crippen LogP contribution in [-0.4, -0.2) is 9.97 Å². The van der Waals surface area contributed by atoms with Gasteiger partial charge in [-0.25, -0.2) is 9.97 Å². The van der Waals surface area contributed by atoms with Crippen molar-refractivity contribution in [3.63, 3.8) is 0 Å². The van der Waals surface area contributed by atoms with Crippen LogP contribution in [0.1, 0.15) is 24.3 Å². The van der Waals surface area contributed by atoms with Crippen LogP contribution < -0.4 is 5.32 Å². The normalized spacial score (nSPS) is 15.0. The van der Waals surface area contributed by atoms with Crippen molar-refractivity contribution in [2.75, 3.05) is 5.32 Å². The van der Waals surface area contributed by atoms with Gasteiger partial charge in [0.25, 0.3) is 0 Å². The summed E-state index contributed by atoms with van der Waals surface area (Å²) in [6.45, 7) is 4.59. The number of hydrogen-bond donors (Lipinski definition) is 1. The Morgan fingerprint density at radius 1 is 1.14 bits per heavy atom. The molecule has 0 spiro atoms. The highest BCUT2D eigenvalue weighted by molar-refractivity contribution is 7.10. The number of fused-ring (bicyclic) bond motifs is 3. The quantitative estimate of drug-likeness (QED) is 0.740. The summed E-state index contributed by atoms with van der Waals surface area (Å²) in [6, 6.07) is 12.2. The lowest BCUT2D eigenvalue weighted by molar-refractivity contribution is 0.526. The van der Waals surface area contributed by atoms with Crippen LogP contribution in [0.25, 0.3) is 11.3 Å². The molecule has 0 unspecified atom stereocenters. The van der Waals surface area contributed by atoms with Gasteiger partial charge in [0.15, 0.2) is 0 Å². The minimum atomic E-state index is 0.161. The molecule has 22 heavy (non-hydrogen) atoms. The Balaban J connectivity index is 1.76. The number of rotatable bonds is 2. The molecule has 0 saturated carbocycles. The molecule has 1 aliphatic rings. The summed E-state index contributed by atoms with van der Waals surface area (Å²) in [6.07, 6.45) is 2.96. The van der Waals surface area contributed by atoms with Crippen LogP contribution in [0.5, 0.6) is 0 Å². The summed E-state index contributed by atoms with van der Waals surface area (Å²) in [5, 5.41) is 5.44. The maximum Gasteiger partial charge on any atom is 0.227 e. The van der Waals surface area contributed by atoms with Crippen molar-refractivity contribution in [1.29, 1.82) is 0 Å². The van der Waals surface area contributed by atoms with Crippen molar-refractivity contribution >= 4 is 23.0 Å². The highest BCUT2D eigenvalue weighted by atomic mass is 32.1. The zero-order chi connectivity index (χ0) is 15.2. The minimum absolute atomic E-state index is 0.161. The summed E-state index contributed by atoms with van der Waals surface area (Å²) in [5.41, 5.74) is 4.73. The van der Waals surface area contributed by atoms with E-state index in [0.717, 1.165) is 17.8 Å². The average molecular weight is 307 g/mol. The SMILES string of the molecule is CC1(C)Cc2cnc(Nc3ccccc3)nc2-c2ccsc21. The van der Waals surface area contributed by atoms with E-state index in [1.807, 2.05) is 47.9 Å². The summed E-state index contributed by atoms with van der Waals surface area (Å²) >= 11 is 1.82. The van der Waals surface area contributed by atoms with Gasteiger partial charge in [-0.15, -0.1) is 11.3 Å². The maximum absolute atomic E-state index is 4.77.